The smallest absolute Gasteiger partial charge is 0.260 e. The highest BCUT2D eigenvalue weighted by Crippen LogP contribution is 2.36. The second-order valence-electron chi connectivity index (χ2n) is 6.75. The Morgan fingerprint density at radius 1 is 1.10 bits per heavy atom. The predicted molar refractivity (Wildman–Crippen MR) is 121 cm³/mol. The Morgan fingerprint density at radius 3 is 2.52 bits per heavy atom. The SMILES string of the molecule is COc1cccc(C(=O)N(CCN(C)C)c2nc3c(OC)ccc(C)c3s2)c1.Cl. The Balaban J connectivity index is 0.00000300. The number of amides is 1. The van der Waals surface area contributed by atoms with Crippen LogP contribution in [0.1, 0.15) is 15.9 Å². The third-order valence-corrected chi connectivity index (χ3v) is 5.69. The topological polar surface area (TPSA) is 54.9 Å². The number of hydrogen-bond donors (Lipinski definition) is 0. The number of hydrogen-bond acceptors (Lipinski definition) is 6. The van der Waals surface area contributed by atoms with Crippen molar-refractivity contribution in [1.82, 2.24) is 9.88 Å². The van der Waals surface area contributed by atoms with Crippen LogP contribution < -0.4 is 14.4 Å². The van der Waals surface area contributed by atoms with E-state index in [-0.39, 0.29) is 18.3 Å². The van der Waals surface area contributed by atoms with Crippen LogP contribution in [-0.2, 0) is 0 Å². The molecule has 0 radical (unpaired) electrons. The lowest BCUT2D eigenvalue weighted by atomic mass is 10.2. The molecule has 0 bridgehead atoms. The van der Waals surface area contributed by atoms with Crippen molar-refractivity contribution in [2.24, 2.45) is 0 Å². The number of carbonyl (C=O) groups excluding carboxylic acids is 1. The number of nitrogens with zero attached hydrogens (tertiary/aromatic N) is 3. The number of ether oxygens (including phenoxy) is 2. The molecule has 0 fully saturated rings. The molecule has 1 aromatic heterocycles. The van der Waals surface area contributed by atoms with Crippen LogP contribution in [0, 0.1) is 6.92 Å². The summed E-state index contributed by atoms with van der Waals surface area (Å²) in [6.07, 6.45) is 0. The molecule has 1 heterocycles. The second kappa shape index (κ2) is 9.91. The van der Waals surface area contributed by atoms with Crippen LogP contribution in [0.4, 0.5) is 5.13 Å². The van der Waals surface area contributed by atoms with E-state index in [1.807, 2.05) is 50.2 Å². The largest absolute Gasteiger partial charge is 0.497 e. The summed E-state index contributed by atoms with van der Waals surface area (Å²) in [6.45, 7) is 3.30. The number of halogens is 1. The molecule has 0 aliphatic heterocycles. The average Bonchev–Trinajstić information content (AvgIpc) is 3.14. The Bertz CT molecular complexity index is 990. The van der Waals surface area contributed by atoms with E-state index in [2.05, 4.69) is 0 Å². The van der Waals surface area contributed by atoms with Crippen LogP contribution in [0.25, 0.3) is 10.2 Å². The van der Waals surface area contributed by atoms with Gasteiger partial charge in [0.2, 0.25) is 0 Å². The average molecular weight is 436 g/mol. The van der Waals surface area contributed by atoms with Gasteiger partial charge in [-0.3, -0.25) is 9.69 Å². The molecule has 2 aromatic carbocycles. The third-order valence-electron chi connectivity index (χ3n) is 4.48. The predicted octanol–water partition coefficient (Wildman–Crippen LogP) is 4.25. The van der Waals surface area contributed by atoms with E-state index in [9.17, 15) is 4.79 Å². The maximum atomic E-state index is 13.3. The van der Waals surface area contributed by atoms with Gasteiger partial charge in [0.15, 0.2) is 5.13 Å². The summed E-state index contributed by atoms with van der Waals surface area (Å²) in [5.41, 5.74) is 2.47. The highest BCUT2D eigenvalue weighted by molar-refractivity contribution is 7.22. The van der Waals surface area contributed by atoms with Crippen molar-refractivity contribution in [2.75, 3.05) is 46.3 Å². The number of methoxy groups -OCH3 is 2. The fraction of sp³-hybridized carbons (Fsp3) is 0.333. The van der Waals surface area contributed by atoms with Crippen molar-refractivity contribution < 1.29 is 14.3 Å². The zero-order valence-electron chi connectivity index (χ0n) is 17.3. The highest BCUT2D eigenvalue weighted by Gasteiger charge is 2.23. The van der Waals surface area contributed by atoms with Crippen molar-refractivity contribution in [1.29, 1.82) is 0 Å². The van der Waals surface area contributed by atoms with Crippen molar-refractivity contribution in [2.45, 2.75) is 6.92 Å². The number of fused-ring (bicyclic) bond motifs is 1. The molecule has 0 aliphatic carbocycles. The molecule has 0 atom stereocenters. The number of aryl methyl sites for hydroxylation is 1. The van der Waals surface area contributed by atoms with Gasteiger partial charge in [-0.1, -0.05) is 23.5 Å². The van der Waals surface area contributed by atoms with Crippen LogP contribution in [0.3, 0.4) is 0 Å². The maximum Gasteiger partial charge on any atom is 0.260 e. The molecule has 3 rings (SSSR count). The number of rotatable bonds is 7. The standard InChI is InChI=1S/C21H25N3O3S.ClH/c1-14-9-10-17(27-5)18-19(14)28-21(22-18)24(12-11-23(2)3)20(25)15-7-6-8-16(13-15)26-4;/h6-10,13H,11-12H2,1-5H3;1H. The first kappa shape index (κ1) is 22.9. The summed E-state index contributed by atoms with van der Waals surface area (Å²) in [5, 5.41) is 0.664. The lowest BCUT2D eigenvalue weighted by molar-refractivity contribution is 0.0985. The van der Waals surface area contributed by atoms with E-state index in [4.69, 9.17) is 14.5 Å². The number of aromatic nitrogens is 1. The van der Waals surface area contributed by atoms with Crippen molar-refractivity contribution in [3.63, 3.8) is 0 Å². The third kappa shape index (κ3) is 4.98. The number of likely N-dealkylation sites (N-methyl/N-ethyl adjacent to an activating group) is 1. The van der Waals surface area contributed by atoms with Gasteiger partial charge in [0.25, 0.3) is 5.91 Å². The molecule has 29 heavy (non-hydrogen) atoms. The Labute approximate surface area is 181 Å². The Kier molecular flexibility index (Phi) is 7.84. The first-order chi connectivity index (χ1) is 13.4. The van der Waals surface area contributed by atoms with Gasteiger partial charge in [-0.05, 0) is 50.8 Å². The normalized spacial score (nSPS) is 10.7. The van der Waals surface area contributed by atoms with E-state index in [1.165, 1.54) is 11.3 Å². The van der Waals surface area contributed by atoms with Gasteiger partial charge in [-0.15, -0.1) is 12.4 Å². The summed E-state index contributed by atoms with van der Waals surface area (Å²) in [5.74, 6) is 1.26. The number of anilines is 1. The molecule has 0 N–H and O–H groups in total. The number of benzene rings is 2. The molecule has 8 heteroatoms. The summed E-state index contributed by atoms with van der Waals surface area (Å²) in [7, 11) is 7.20. The molecule has 0 saturated heterocycles. The molecule has 0 unspecified atom stereocenters. The maximum absolute atomic E-state index is 13.3. The molecule has 0 spiro atoms. The zero-order valence-corrected chi connectivity index (χ0v) is 18.9. The van der Waals surface area contributed by atoms with Crippen molar-refractivity contribution in [3.05, 3.63) is 47.5 Å². The fourth-order valence-electron chi connectivity index (χ4n) is 2.87. The van der Waals surface area contributed by atoms with Crippen LogP contribution in [-0.4, -0.2) is 57.2 Å². The molecular formula is C21H26ClN3O3S. The van der Waals surface area contributed by atoms with Gasteiger partial charge in [-0.2, -0.15) is 0 Å². The Hall–Kier alpha value is -2.35. The Morgan fingerprint density at radius 2 is 1.86 bits per heavy atom. The van der Waals surface area contributed by atoms with E-state index in [1.54, 1.807) is 31.3 Å². The van der Waals surface area contributed by atoms with Gasteiger partial charge in [0.05, 0.1) is 18.9 Å². The quantitative estimate of drug-likeness (QED) is 0.555. The summed E-state index contributed by atoms with van der Waals surface area (Å²) in [4.78, 5) is 21.9. The molecule has 0 aliphatic rings. The van der Waals surface area contributed by atoms with Gasteiger partial charge in [0, 0.05) is 18.7 Å². The first-order valence-electron chi connectivity index (χ1n) is 8.99. The van der Waals surface area contributed by atoms with Crippen LogP contribution in [0.5, 0.6) is 11.5 Å². The highest BCUT2D eigenvalue weighted by atomic mass is 35.5. The summed E-state index contributed by atoms with van der Waals surface area (Å²) in [6, 6.07) is 11.1. The van der Waals surface area contributed by atoms with Crippen molar-refractivity contribution in [3.8, 4) is 11.5 Å². The van der Waals surface area contributed by atoms with E-state index < -0.39 is 0 Å². The lowest BCUT2D eigenvalue weighted by Crippen LogP contribution is -2.36. The van der Waals surface area contributed by atoms with Crippen molar-refractivity contribution >= 4 is 45.0 Å². The van der Waals surface area contributed by atoms with Gasteiger partial charge >= 0.3 is 0 Å². The molecule has 3 aromatic rings. The minimum Gasteiger partial charge on any atom is -0.497 e. The molecule has 6 nitrogen and oxygen atoms in total. The minimum absolute atomic E-state index is 0. The van der Waals surface area contributed by atoms with E-state index >= 15 is 0 Å². The van der Waals surface area contributed by atoms with Gasteiger partial charge in [-0.25, -0.2) is 4.98 Å². The number of carbonyl (C=O) groups is 1. The number of thiazole rings is 1. The van der Waals surface area contributed by atoms with Crippen LogP contribution in [0.15, 0.2) is 36.4 Å². The van der Waals surface area contributed by atoms with Gasteiger partial charge in [0.1, 0.15) is 17.0 Å². The molecule has 0 saturated carbocycles. The molecule has 1 amide bonds. The second-order valence-corrected chi connectivity index (χ2v) is 7.73. The summed E-state index contributed by atoms with van der Waals surface area (Å²) >= 11 is 1.51. The van der Waals surface area contributed by atoms with Gasteiger partial charge < -0.3 is 14.4 Å². The van der Waals surface area contributed by atoms with E-state index in [0.717, 1.165) is 22.3 Å². The first-order valence-corrected chi connectivity index (χ1v) is 9.81. The monoisotopic (exact) mass is 435 g/mol. The zero-order chi connectivity index (χ0) is 20.3. The van der Waals surface area contributed by atoms with E-state index in [0.29, 0.717) is 28.7 Å². The van der Waals surface area contributed by atoms with Crippen LogP contribution >= 0.6 is 23.7 Å². The minimum atomic E-state index is -0.101. The molecule has 156 valence electrons. The molecular weight excluding hydrogens is 410 g/mol. The lowest BCUT2D eigenvalue weighted by Gasteiger charge is -2.22. The summed E-state index contributed by atoms with van der Waals surface area (Å²) < 4.78 is 11.8. The van der Waals surface area contributed by atoms with Crippen LogP contribution in [0.2, 0.25) is 0 Å². The fourth-order valence-corrected chi connectivity index (χ4v) is 3.95.